The lowest BCUT2D eigenvalue weighted by molar-refractivity contribution is 0.371. The summed E-state index contributed by atoms with van der Waals surface area (Å²) >= 11 is 0. The summed E-state index contributed by atoms with van der Waals surface area (Å²) in [6.45, 7) is 0. The monoisotopic (exact) mass is 491 g/mol. The smallest absolute Gasteiger partial charge is 0.300 e. The fraction of sp³-hybridized carbons (Fsp3) is 0. The Morgan fingerprint density at radius 1 is 0.395 bits per heavy atom. The van der Waals surface area contributed by atoms with Crippen LogP contribution < -0.4 is 16.6 Å². The van der Waals surface area contributed by atoms with Gasteiger partial charge in [0.15, 0.2) is 0 Å². The minimum atomic E-state index is 0.399. The predicted octanol–water partition coefficient (Wildman–Crippen LogP) is 6.60. The van der Waals surface area contributed by atoms with Gasteiger partial charge < -0.3 is 8.83 Å². The summed E-state index contributed by atoms with van der Waals surface area (Å²) in [6.07, 6.45) is 0. The number of rotatable bonds is 5. The molecule has 0 aliphatic heterocycles. The third-order valence-electron chi connectivity index (χ3n) is 6.25. The second kappa shape index (κ2) is 10.9. The Kier molecular flexibility index (Phi) is 6.64. The van der Waals surface area contributed by atoms with E-state index in [1.165, 1.54) is 0 Å². The molecular weight excluding hydrogens is 466 g/mol. The quantitative estimate of drug-likeness (QED) is 0.273. The van der Waals surface area contributed by atoms with E-state index >= 15 is 0 Å². The summed E-state index contributed by atoms with van der Waals surface area (Å²) in [7, 11) is 0. The van der Waals surface area contributed by atoms with Crippen LogP contribution in [-0.2, 0) is 0 Å². The molecule has 0 aliphatic carbocycles. The Balaban J connectivity index is 1.80. The zero-order valence-corrected chi connectivity index (χ0v) is 20.7. The molecular formula is C35H25NO2. The molecule has 0 N–H and O–H groups in total. The fourth-order valence-corrected chi connectivity index (χ4v) is 4.50. The molecule has 0 atom stereocenters. The number of benzene rings is 5. The first-order valence-corrected chi connectivity index (χ1v) is 12.6. The van der Waals surface area contributed by atoms with Gasteiger partial charge in [-0.3, -0.25) is 0 Å². The Morgan fingerprint density at radius 2 is 0.763 bits per heavy atom. The molecule has 3 heteroatoms. The molecule has 1 heterocycles. The van der Waals surface area contributed by atoms with Crippen molar-refractivity contribution in [1.82, 2.24) is 0 Å². The van der Waals surface area contributed by atoms with E-state index in [1.54, 1.807) is 0 Å². The van der Waals surface area contributed by atoms with Gasteiger partial charge in [0.05, 0.1) is 11.3 Å². The number of para-hydroxylation sites is 1. The molecule has 182 valence electrons. The van der Waals surface area contributed by atoms with E-state index in [0.717, 1.165) is 39.1 Å². The van der Waals surface area contributed by atoms with Crippen LogP contribution in [0, 0.1) is 0 Å². The third-order valence-corrected chi connectivity index (χ3v) is 6.25. The van der Waals surface area contributed by atoms with Gasteiger partial charge in [0.25, 0.3) is 5.55 Å². The van der Waals surface area contributed by atoms with E-state index in [1.807, 2.05) is 103 Å². The van der Waals surface area contributed by atoms with Crippen LogP contribution in [-0.4, -0.2) is 0 Å². The van der Waals surface area contributed by atoms with Crippen LogP contribution in [0.3, 0.4) is 0 Å². The van der Waals surface area contributed by atoms with Crippen molar-refractivity contribution in [3.63, 3.8) is 0 Å². The Labute approximate surface area is 221 Å². The molecule has 3 nitrogen and oxygen atoms in total. The minimum absolute atomic E-state index is 0.399. The van der Waals surface area contributed by atoms with Crippen molar-refractivity contribution in [3.8, 4) is 0 Å². The van der Waals surface area contributed by atoms with Crippen LogP contribution in [0.2, 0.25) is 0 Å². The van der Waals surface area contributed by atoms with Crippen molar-refractivity contribution < 1.29 is 8.83 Å². The van der Waals surface area contributed by atoms with Gasteiger partial charge in [0.2, 0.25) is 5.42 Å². The second-order valence-corrected chi connectivity index (χ2v) is 8.79. The number of hydrogen-bond acceptors (Lipinski definition) is 3. The van der Waals surface area contributed by atoms with Crippen molar-refractivity contribution in [2.45, 2.75) is 0 Å². The van der Waals surface area contributed by atoms with Crippen LogP contribution in [0.4, 0.5) is 5.69 Å². The van der Waals surface area contributed by atoms with Gasteiger partial charge in [-0.15, -0.1) is 0 Å². The molecule has 0 spiro atoms. The van der Waals surface area contributed by atoms with Crippen LogP contribution >= 0.6 is 0 Å². The summed E-state index contributed by atoms with van der Waals surface area (Å²) < 4.78 is 13.2. The average Bonchev–Trinajstić information content (AvgIpc) is 3.38. The number of nitrogens with zero attached hydrogens (tertiary/aromatic N) is 1. The highest BCUT2D eigenvalue weighted by Crippen LogP contribution is 2.22. The predicted molar refractivity (Wildman–Crippen MR) is 151 cm³/mol. The highest BCUT2D eigenvalue weighted by molar-refractivity contribution is 5.79. The van der Waals surface area contributed by atoms with Crippen LogP contribution in [0.15, 0.2) is 165 Å². The maximum Gasteiger partial charge on any atom is 0.300 e. The summed E-state index contributed by atoms with van der Waals surface area (Å²) in [6, 6.07) is 50.6. The Morgan fingerprint density at radius 3 is 1.18 bits per heavy atom. The number of hydrogen-bond donors (Lipinski definition) is 0. The maximum atomic E-state index is 6.69. The highest BCUT2D eigenvalue weighted by Gasteiger charge is 2.16. The molecule has 0 unspecified atom stereocenters. The summed E-state index contributed by atoms with van der Waals surface area (Å²) in [5.74, 6) is 0. The van der Waals surface area contributed by atoms with Crippen molar-refractivity contribution in [2.75, 3.05) is 0 Å². The van der Waals surface area contributed by atoms with Gasteiger partial charge in [0, 0.05) is 5.57 Å². The molecule has 0 radical (unpaired) electrons. The lowest BCUT2D eigenvalue weighted by atomic mass is 9.98. The molecule has 0 saturated carbocycles. The molecule has 6 aromatic rings. The first kappa shape index (κ1) is 23.3. The SMILES string of the molecule is c1ccc(N=c2oc(=C(c3ccccc3)c3ccccc3)oc2=C(c2ccccc2)c2ccccc2)cc1. The molecule has 5 aromatic carbocycles. The molecule has 0 fully saturated rings. The topological polar surface area (TPSA) is 38.6 Å². The molecule has 38 heavy (non-hydrogen) atoms. The van der Waals surface area contributed by atoms with E-state index in [2.05, 4.69) is 48.5 Å². The normalized spacial score (nSPS) is 11.3. The standard InChI is InChI=1S/C35H25NO2/c1-6-16-26(17-7-1)31(27-18-8-2-9-19-27)33-34(36-30-24-14-5-15-25-30)38-35(37-33)32(28-20-10-3-11-21-28)29-22-12-4-13-23-29/h1-25H. The van der Waals surface area contributed by atoms with Gasteiger partial charge in [-0.05, 0) is 34.4 Å². The van der Waals surface area contributed by atoms with Gasteiger partial charge in [-0.2, -0.15) is 0 Å². The Hall–Kier alpha value is -5.15. The first-order chi connectivity index (χ1) is 18.9. The average molecular weight is 492 g/mol. The van der Waals surface area contributed by atoms with Crippen molar-refractivity contribution in [2.24, 2.45) is 4.99 Å². The maximum absolute atomic E-state index is 6.69. The zero-order chi connectivity index (χ0) is 25.6. The molecule has 0 bridgehead atoms. The van der Waals surface area contributed by atoms with Gasteiger partial charge in [-0.1, -0.05) is 140 Å². The van der Waals surface area contributed by atoms with Gasteiger partial charge in [-0.25, -0.2) is 4.99 Å². The highest BCUT2D eigenvalue weighted by atomic mass is 16.5. The van der Waals surface area contributed by atoms with Crippen LogP contribution in [0.25, 0.3) is 11.1 Å². The van der Waals surface area contributed by atoms with Gasteiger partial charge in [0.1, 0.15) is 0 Å². The Bertz CT molecular complexity index is 1740. The van der Waals surface area contributed by atoms with E-state index < -0.39 is 0 Å². The zero-order valence-electron chi connectivity index (χ0n) is 20.7. The third kappa shape index (κ3) is 4.91. The fourth-order valence-electron chi connectivity index (χ4n) is 4.50. The molecule has 0 saturated heterocycles. The first-order valence-electron chi connectivity index (χ1n) is 12.6. The van der Waals surface area contributed by atoms with Crippen LogP contribution in [0.1, 0.15) is 22.3 Å². The van der Waals surface area contributed by atoms with E-state index in [-0.39, 0.29) is 0 Å². The van der Waals surface area contributed by atoms with Crippen molar-refractivity contribution in [3.05, 3.63) is 190 Å². The molecule has 0 aliphatic rings. The van der Waals surface area contributed by atoms with E-state index in [0.29, 0.717) is 16.6 Å². The minimum Gasteiger partial charge on any atom is -0.419 e. The lowest BCUT2D eigenvalue weighted by Crippen LogP contribution is -2.23. The molecule has 0 amide bonds. The van der Waals surface area contributed by atoms with Crippen molar-refractivity contribution >= 4 is 16.8 Å². The summed E-state index contributed by atoms with van der Waals surface area (Å²) in [5, 5.41) is 0. The molecule has 1 aromatic heterocycles. The second-order valence-electron chi connectivity index (χ2n) is 8.79. The largest absolute Gasteiger partial charge is 0.419 e. The summed E-state index contributed by atoms with van der Waals surface area (Å²) in [5.41, 5.74) is 7.97. The van der Waals surface area contributed by atoms with Crippen LogP contribution in [0.5, 0.6) is 0 Å². The van der Waals surface area contributed by atoms with Crippen molar-refractivity contribution in [1.29, 1.82) is 0 Å². The van der Waals surface area contributed by atoms with E-state index in [9.17, 15) is 0 Å². The van der Waals surface area contributed by atoms with Gasteiger partial charge >= 0.3 is 5.61 Å². The van der Waals surface area contributed by atoms with E-state index in [4.69, 9.17) is 13.8 Å². The summed E-state index contributed by atoms with van der Waals surface area (Å²) in [4.78, 5) is 4.91. The lowest BCUT2D eigenvalue weighted by Gasteiger charge is -2.06. The molecule has 6 rings (SSSR count).